The van der Waals surface area contributed by atoms with Crippen LogP contribution in [0.4, 0.5) is 0 Å². The van der Waals surface area contributed by atoms with E-state index in [9.17, 15) is 5.11 Å². The highest BCUT2D eigenvalue weighted by molar-refractivity contribution is 5.14. The van der Waals surface area contributed by atoms with Crippen LogP contribution in [0.25, 0.3) is 0 Å². The maximum absolute atomic E-state index is 10.1. The third kappa shape index (κ3) is 3.53. The number of piperidine rings is 1. The zero-order chi connectivity index (χ0) is 12.1. The summed E-state index contributed by atoms with van der Waals surface area (Å²) in [6.07, 6.45) is 0.884. The van der Waals surface area contributed by atoms with Crippen LogP contribution in [0.3, 0.4) is 0 Å². The molecule has 17 heavy (non-hydrogen) atoms. The maximum Gasteiger partial charge on any atom is 0.0707 e. The van der Waals surface area contributed by atoms with Crippen LogP contribution in [0.15, 0.2) is 30.3 Å². The Kier molecular flexibility index (Phi) is 4.54. The van der Waals surface area contributed by atoms with Gasteiger partial charge < -0.3 is 10.4 Å². The summed E-state index contributed by atoms with van der Waals surface area (Å²) in [5.74, 6) is 0.409. The van der Waals surface area contributed by atoms with Crippen molar-refractivity contribution >= 4 is 0 Å². The molecule has 0 unspecified atom stereocenters. The van der Waals surface area contributed by atoms with Crippen molar-refractivity contribution in [3.8, 4) is 0 Å². The molecular weight excluding hydrogens is 212 g/mol. The van der Waals surface area contributed by atoms with E-state index in [-0.39, 0.29) is 6.10 Å². The van der Waals surface area contributed by atoms with Gasteiger partial charge in [-0.15, -0.1) is 0 Å². The zero-order valence-electron chi connectivity index (χ0n) is 10.5. The first-order valence-corrected chi connectivity index (χ1v) is 6.38. The molecule has 3 heteroatoms. The molecule has 1 saturated heterocycles. The molecule has 1 aromatic carbocycles. The van der Waals surface area contributed by atoms with E-state index in [2.05, 4.69) is 34.5 Å². The van der Waals surface area contributed by atoms with E-state index in [4.69, 9.17) is 0 Å². The van der Waals surface area contributed by atoms with Gasteiger partial charge in [0, 0.05) is 19.6 Å². The van der Waals surface area contributed by atoms with Crippen LogP contribution in [-0.4, -0.2) is 42.8 Å². The molecule has 1 aromatic rings. The van der Waals surface area contributed by atoms with E-state index in [0.29, 0.717) is 5.92 Å². The summed E-state index contributed by atoms with van der Waals surface area (Å²) in [7, 11) is 1.95. The smallest absolute Gasteiger partial charge is 0.0707 e. The lowest BCUT2D eigenvalue weighted by Gasteiger charge is -2.35. The van der Waals surface area contributed by atoms with Gasteiger partial charge in [-0.3, -0.25) is 4.90 Å². The van der Waals surface area contributed by atoms with Crippen molar-refractivity contribution in [3.63, 3.8) is 0 Å². The van der Waals surface area contributed by atoms with Crippen molar-refractivity contribution in [2.24, 2.45) is 5.92 Å². The molecule has 2 rings (SSSR count). The highest BCUT2D eigenvalue weighted by Gasteiger charge is 2.26. The molecule has 0 bridgehead atoms. The average Bonchev–Trinajstić information content (AvgIpc) is 2.34. The first-order chi connectivity index (χ1) is 8.29. The molecule has 1 heterocycles. The molecule has 0 spiro atoms. The summed E-state index contributed by atoms with van der Waals surface area (Å²) in [5, 5.41) is 13.2. The molecular formula is C14H22N2O. The second-order valence-corrected chi connectivity index (χ2v) is 4.89. The molecule has 0 radical (unpaired) electrons. The van der Waals surface area contributed by atoms with Crippen molar-refractivity contribution in [1.29, 1.82) is 0 Å². The van der Waals surface area contributed by atoms with Crippen LogP contribution in [0.5, 0.6) is 0 Å². The number of aliphatic hydroxyl groups excluding tert-OH is 1. The summed E-state index contributed by atoms with van der Waals surface area (Å²) in [5.41, 5.74) is 1.33. The van der Waals surface area contributed by atoms with Gasteiger partial charge in [0.2, 0.25) is 0 Å². The Morgan fingerprint density at radius 2 is 2.12 bits per heavy atom. The summed E-state index contributed by atoms with van der Waals surface area (Å²) < 4.78 is 0. The van der Waals surface area contributed by atoms with Gasteiger partial charge in [0.25, 0.3) is 0 Å². The van der Waals surface area contributed by atoms with Crippen LogP contribution in [0.2, 0.25) is 0 Å². The number of benzene rings is 1. The van der Waals surface area contributed by atoms with E-state index in [1.165, 1.54) is 5.56 Å². The largest absolute Gasteiger partial charge is 0.391 e. The summed E-state index contributed by atoms with van der Waals surface area (Å²) in [6.45, 7) is 3.74. The Bertz CT molecular complexity index is 328. The highest BCUT2D eigenvalue weighted by atomic mass is 16.3. The molecule has 0 saturated carbocycles. The fourth-order valence-corrected chi connectivity index (χ4v) is 2.53. The number of likely N-dealkylation sites (tertiary alicyclic amines) is 1. The number of aliphatic hydroxyl groups is 1. The minimum atomic E-state index is -0.195. The predicted octanol–water partition coefficient (Wildman–Crippen LogP) is 1.09. The maximum atomic E-state index is 10.1. The third-order valence-corrected chi connectivity index (χ3v) is 3.52. The number of nitrogens with one attached hydrogen (secondary N) is 1. The van der Waals surface area contributed by atoms with E-state index in [1.54, 1.807) is 0 Å². The third-order valence-electron chi connectivity index (χ3n) is 3.52. The summed E-state index contributed by atoms with van der Waals surface area (Å²) in [6, 6.07) is 10.5. The van der Waals surface area contributed by atoms with Crippen molar-refractivity contribution in [2.75, 3.05) is 26.7 Å². The zero-order valence-corrected chi connectivity index (χ0v) is 10.5. The Morgan fingerprint density at radius 3 is 2.76 bits per heavy atom. The topological polar surface area (TPSA) is 35.5 Å². The molecule has 94 valence electrons. The molecule has 3 nitrogen and oxygen atoms in total. The highest BCUT2D eigenvalue weighted by Crippen LogP contribution is 2.18. The van der Waals surface area contributed by atoms with E-state index in [0.717, 1.165) is 32.6 Å². The van der Waals surface area contributed by atoms with Crippen molar-refractivity contribution < 1.29 is 5.11 Å². The lowest BCUT2D eigenvalue weighted by atomic mass is 9.93. The number of hydrogen-bond acceptors (Lipinski definition) is 3. The number of hydrogen-bond donors (Lipinski definition) is 2. The number of rotatable bonds is 4. The van der Waals surface area contributed by atoms with Gasteiger partial charge in [-0.05, 0) is 31.5 Å². The summed E-state index contributed by atoms with van der Waals surface area (Å²) >= 11 is 0. The molecule has 1 fully saturated rings. The second kappa shape index (κ2) is 6.15. The molecule has 0 aromatic heterocycles. The first kappa shape index (κ1) is 12.6. The minimum Gasteiger partial charge on any atom is -0.391 e. The first-order valence-electron chi connectivity index (χ1n) is 6.38. The summed E-state index contributed by atoms with van der Waals surface area (Å²) in [4.78, 5) is 2.34. The number of β-amino-alcohol motifs (C(OH)–C–C–N with tert-alkyl or cyclic N) is 1. The number of nitrogens with zero attached hydrogens (tertiary/aromatic N) is 1. The van der Waals surface area contributed by atoms with Crippen LogP contribution < -0.4 is 5.32 Å². The van der Waals surface area contributed by atoms with Crippen LogP contribution in [0.1, 0.15) is 12.0 Å². The molecule has 2 atom stereocenters. The molecule has 1 aliphatic heterocycles. The fraction of sp³-hybridized carbons (Fsp3) is 0.571. The fourth-order valence-electron chi connectivity index (χ4n) is 2.53. The Hall–Kier alpha value is -0.900. The quantitative estimate of drug-likeness (QED) is 0.818. The van der Waals surface area contributed by atoms with Crippen LogP contribution in [0, 0.1) is 5.92 Å². The van der Waals surface area contributed by atoms with Gasteiger partial charge in [0.1, 0.15) is 0 Å². The van der Waals surface area contributed by atoms with Crippen LogP contribution in [-0.2, 0) is 6.54 Å². The van der Waals surface area contributed by atoms with E-state index in [1.807, 2.05) is 13.1 Å². The van der Waals surface area contributed by atoms with Crippen molar-refractivity contribution in [3.05, 3.63) is 35.9 Å². The van der Waals surface area contributed by atoms with Gasteiger partial charge in [0.15, 0.2) is 0 Å². The molecule has 0 amide bonds. The Labute approximate surface area is 103 Å². The normalized spacial score (nSPS) is 26.0. The molecule has 2 N–H and O–H groups in total. The monoisotopic (exact) mass is 234 g/mol. The minimum absolute atomic E-state index is 0.195. The molecule has 1 aliphatic rings. The van der Waals surface area contributed by atoms with E-state index >= 15 is 0 Å². The van der Waals surface area contributed by atoms with E-state index < -0.39 is 0 Å². The van der Waals surface area contributed by atoms with Crippen molar-refractivity contribution in [2.45, 2.75) is 19.1 Å². The van der Waals surface area contributed by atoms with Gasteiger partial charge in [-0.1, -0.05) is 30.3 Å². The predicted molar refractivity (Wildman–Crippen MR) is 69.8 cm³/mol. The Morgan fingerprint density at radius 1 is 1.35 bits per heavy atom. The van der Waals surface area contributed by atoms with Gasteiger partial charge >= 0.3 is 0 Å². The van der Waals surface area contributed by atoms with Gasteiger partial charge in [0.05, 0.1) is 6.10 Å². The van der Waals surface area contributed by atoms with Gasteiger partial charge in [-0.2, -0.15) is 0 Å². The van der Waals surface area contributed by atoms with Crippen molar-refractivity contribution in [1.82, 2.24) is 10.2 Å². The SMILES string of the molecule is CNC[C@H]1CCN(Cc2ccccc2)C[C@@H]1O. The molecule has 0 aliphatic carbocycles. The lowest BCUT2D eigenvalue weighted by Crippen LogP contribution is -2.46. The Balaban J connectivity index is 1.85. The van der Waals surface area contributed by atoms with Crippen LogP contribution >= 0.6 is 0 Å². The average molecular weight is 234 g/mol. The standard InChI is InChI=1S/C14H22N2O/c1-15-9-13-7-8-16(11-14(13)17)10-12-5-3-2-4-6-12/h2-6,13-15,17H,7-11H2,1H3/t13-,14+/m1/s1. The second-order valence-electron chi connectivity index (χ2n) is 4.89. The lowest BCUT2D eigenvalue weighted by molar-refractivity contribution is 0.0196. The van der Waals surface area contributed by atoms with Gasteiger partial charge in [-0.25, -0.2) is 0 Å².